The van der Waals surface area contributed by atoms with Crippen LogP contribution in [-0.2, 0) is 16.0 Å². The molecule has 0 unspecified atom stereocenters. The van der Waals surface area contributed by atoms with Gasteiger partial charge in [-0.1, -0.05) is 13.8 Å². The average molecular weight is 399 g/mol. The highest BCUT2D eigenvalue weighted by atomic mass is 16.2. The molecule has 0 bridgehead atoms. The van der Waals surface area contributed by atoms with E-state index in [0.717, 1.165) is 28.6 Å². The number of aromatic amines is 2. The van der Waals surface area contributed by atoms with E-state index in [9.17, 15) is 9.59 Å². The Labute approximate surface area is 170 Å². The maximum atomic E-state index is 13.1. The lowest BCUT2D eigenvalue weighted by Crippen LogP contribution is -2.51. The van der Waals surface area contributed by atoms with Crippen molar-refractivity contribution in [3.05, 3.63) is 28.6 Å². The van der Waals surface area contributed by atoms with Gasteiger partial charge in [-0.25, -0.2) is 4.98 Å². The number of carbonyl (C=O) groups excluding carboxylic acids is 2. The first-order valence-corrected chi connectivity index (χ1v) is 10.2. The van der Waals surface area contributed by atoms with Crippen molar-refractivity contribution in [1.29, 1.82) is 0 Å². The van der Waals surface area contributed by atoms with Crippen LogP contribution in [0.15, 0.2) is 0 Å². The molecule has 2 aliphatic rings. The lowest BCUT2D eigenvalue weighted by Gasteiger charge is -2.35. The Bertz CT molecular complexity index is 917. The number of nitrogens with zero attached hydrogens (tertiary/aromatic N) is 5. The summed E-state index contributed by atoms with van der Waals surface area (Å²) in [4.78, 5) is 34.0. The van der Waals surface area contributed by atoms with Crippen LogP contribution in [0.4, 0.5) is 0 Å². The molecule has 2 fully saturated rings. The van der Waals surface area contributed by atoms with Crippen LogP contribution in [0.1, 0.15) is 48.4 Å². The summed E-state index contributed by atoms with van der Waals surface area (Å²) < 4.78 is 0. The Kier molecular flexibility index (Phi) is 4.71. The third kappa shape index (κ3) is 3.42. The normalized spacial score (nSPS) is 23.3. The summed E-state index contributed by atoms with van der Waals surface area (Å²) in [5.41, 5.74) is 2.63. The summed E-state index contributed by atoms with van der Waals surface area (Å²) in [6, 6.07) is 0. The van der Waals surface area contributed by atoms with Gasteiger partial charge in [-0.05, 0) is 26.2 Å². The van der Waals surface area contributed by atoms with Crippen molar-refractivity contribution >= 4 is 11.8 Å². The van der Waals surface area contributed by atoms with Crippen molar-refractivity contribution in [2.75, 3.05) is 26.2 Å². The van der Waals surface area contributed by atoms with Crippen LogP contribution < -0.4 is 0 Å². The van der Waals surface area contributed by atoms with Gasteiger partial charge in [-0.2, -0.15) is 10.2 Å². The standard InChI is InChI=1S/C20H29N7O2/c1-11-14(12(2)23-22-11)10-15(28)26-6-8-27(9-7-26)19(29)17-16(20(17,4)5)18-21-13(3)24-25-18/h16-17H,6-10H2,1-5H3,(H,22,23)(H,21,24,25)/t16-,17+/m0/s1. The van der Waals surface area contributed by atoms with Gasteiger partial charge in [-0.15, -0.1) is 0 Å². The minimum Gasteiger partial charge on any atom is -0.339 e. The first-order chi connectivity index (χ1) is 13.7. The number of hydrogen-bond donors (Lipinski definition) is 2. The first-order valence-electron chi connectivity index (χ1n) is 10.2. The first kappa shape index (κ1) is 19.6. The number of nitrogens with one attached hydrogen (secondary N) is 2. The summed E-state index contributed by atoms with van der Waals surface area (Å²) in [5.74, 6) is 1.68. The Morgan fingerprint density at radius 2 is 1.69 bits per heavy atom. The van der Waals surface area contributed by atoms with Crippen molar-refractivity contribution in [2.24, 2.45) is 11.3 Å². The molecule has 1 saturated carbocycles. The predicted molar refractivity (Wildman–Crippen MR) is 106 cm³/mol. The number of H-pyrrole nitrogens is 2. The van der Waals surface area contributed by atoms with Crippen molar-refractivity contribution in [3.8, 4) is 0 Å². The highest BCUT2D eigenvalue weighted by molar-refractivity contribution is 5.85. The van der Waals surface area contributed by atoms with Gasteiger partial charge in [-0.3, -0.25) is 19.8 Å². The Balaban J connectivity index is 1.35. The quantitative estimate of drug-likeness (QED) is 0.800. The van der Waals surface area contributed by atoms with Crippen LogP contribution in [0.2, 0.25) is 0 Å². The van der Waals surface area contributed by atoms with Gasteiger partial charge in [0.15, 0.2) is 5.82 Å². The SMILES string of the molecule is Cc1nc([C@@H]2[C@H](C(=O)N3CCN(C(=O)Cc4c(C)n[nH]c4C)CC3)C2(C)C)n[nH]1. The van der Waals surface area contributed by atoms with Gasteiger partial charge < -0.3 is 9.80 Å². The molecule has 1 aliphatic carbocycles. The lowest BCUT2D eigenvalue weighted by molar-refractivity contribution is -0.140. The van der Waals surface area contributed by atoms with Crippen molar-refractivity contribution in [1.82, 2.24) is 35.2 Å². The zero-order valence-electron chi connectivity index (χ0n) is 17.7. The Morgan fingerprint density at radius 3 is 2.24 bits per heavy atom. The molecule has 1 aliphatic heterocycles. The fourth-order valence-electron chi connectivity index (χ4n) is 4.55. The van der Waals surface area contributed by atoms with E-state index in [1.165, 1.54) is 0 Å². The molecule has 29 heavy (non-hydrogen) atoms. The second-order valence-corrected chi connectivity index (χ2v) is 8.85. The molecule has 0 radical (unpaired) electrons. The Morgan fingerprint density at radius 1 is 1.03 bits per heavy atom. The predicted octanol–water partition coefficient (Wildman–Crippen LogP) is 1.11. The van der Waals surface area contributed by atoms with Crippen LogP contribution in [0.25, 0.3) is 0 Å². The smallest absolute Gasteiger partial charge is 0.227 e. The molecule has 3 heterocycles. The largest absolute Gasteiger partial charge is 0.339 e. The van der Waals surface area contributed by atoms with Crippen molar-refractivity contribution in [3.63, 3.8) is 0 Å². The topological polar surface area (TPSA) is 111 Å². The molecular formula is C20H29N7O2. The molecule has 2 amide bonds. The number of carbonyl (C=O) groups is 2. The van der Waals surface area contributed by atoms with E-state index in [4.69, 9.17) is 0 Å². The van der Waals surface area contributed by atoms with E-state index in [2.05, 4.69) is 39.2 Å². The highest BCUT2D eigenvalue weighted by Crippen LogP contribution is 2.64. The van der Waals surface area contributed by atoms with Gasteiger partial charge >= 0.3 is 0 Å². The zero-order chi connectivity index (χ0) is 20.9. The van der Waals surface area contributed by atoms with Gasteiger partial charge in [0.25, 0.3) is 0 Å². The molecule has 2 aromatic heterocycles. The molecule has 4 rings (SSSR count). The molecule has 2 aromatic rings. The second kappa shape index (κ2) is 6.96. The van der Waals surface area contributed by atoms with Gasteiger partial charge in [0.05, 0.1) is 18.0 Å². The summed E-state index contributed by atoms with van der Waals surface area (Å²) in [7, 11) is 0. The van der Waals surface area contributed by atoms with E-state index < -0.39 is 0 Å². The second-order valence-electron chi connectivity index (χ2n) is 8.85. The summed E-state index contributed by atoms with van der Waals surface area (Å²) >= 11 is 0. The molecule has 1 saturated heterocycles. The molecule has 0 aromatic carbocycles. The fourth-order valence-corrected chi connectivity index (χ4v) is 4.55. The number of amides is 2. The minimum absolute atomic E-state index is 0.0478. The molecule has 9 nitrogen and oxygen atoms in total. The summed E-state index contributed by atoms with van der Waals surface area (Å²) in [6.45, 7) is 12.2. The Hall–Kier alpha value is -2.71. The molecular weight excluding hydrogens is 370 g/mol. The maximum absolute atomic E-state index is 13.1. The maximum Gasteiger partial charge on any atom is 0.227 e. The van der Waals surface area contributed by atoms with E-state index in [-0.39, 0.29) is 29.1 Å². The average Bonchev–Trinajstić information content (AvgIpc) is 2.94. The van der Waals surface area contributed by atoms with E-state index in [0.29, 0.717) is 32.6 Å². The van der Waals surface area contributed by atoms with Crippen molar-refractivity contribution < 1.29 is 9.59 Å². The number of rotatable bonds is 4. The number of aryl methyl sites for hydroxylation is 3. The molecule has 0 spiro atoms. The summed E-state index contributed by atoms with van der Waals surface area (Å²) in [6.07, 6.45) is 0.351. The fraction of sp³-hybridized carbons (Fsp3) is 0.650. The lowest BCUT2D eigenvalue weighted by atomic mass is 10.1. The van der Waals surface area contributed by atoms with Crippen LogP contribution in [-0.4, -0.2) is 73.2 Å². The number of hydrogen-bond acceptors (Lipinski definition) is 5. The molecule has 9 heteroatoms. The monoisotopic (exact) mass is 399 g/mol. The van der Waals surface area contributed by atoms with Crippen LogP contribution in [0.3, 0.4) is 0 Å². The van der Waals surface area contributed by atoms with Gasteiger partial charge in [0.2, 0.25) is 11.8 Å². The van der Waals surface area contributed by atoms with Gasteiger partial charge in [0, 0.05) is 43.4 Å². The highest BCUT2D eigenvalue weighted by Gasteiger charge is 2.65. The van der Waals surface area contributed by atoms with E-state index in [1.807, 2.05) is 30.6 Å². The number of piperazine rings is 1. The van der Waals surface area contributed by atoms with Crippen molar-refractivity contribution in [2.45, 2.75) is 47.0 Å². The van der Waals surface area contributed by atoms with Crippen LogP contribution in [0.5, 0.6) is 0 Å². The third-order valence-corrected chi connectivity index (χ3v) is 6.54. The zero-order valence-corrected chi connectivity index (χ0v) is 17.7. The minimum atomic E-state index is -0.144. The summed E-state index contributed by atoms with van der Waals surface area (Å²) in [5, 5.41) is 14.2. The third-order valence-electron chi connectivity index (χ3n) is 6.54. The number of aromatic nitrogens is 5. The van der Waals surface area contributed by atoms with E-state index >= 15 is 0 Å². The van der Waals surface area contributed by atoms with Crippen LogP contribution >= 0.6 is 0 Å². The van der Waals surface area contributed by atoms with Crippen LogP contribution in [0, 0.1) is 32.1 Å². The molecule has 156 valence electrons. The van der Waals surface area contributed by atoms with E-state index in [1.54, 1.807) is 0 Å². The molecule has 2 atom stereocenters. The molecule has 2 N–H and O–H groups in total. The van der Waals surface area contributed by atoms with Gasteiger partial charge in [0.1, 0.15) is 5.82 Å².